The Morgan fingerprint density at radius 3 is 0.929 bits per heavy atom. The van der Waals surface area contributed by atoms with Crippen molar-refractivity contribution in [2.75, 3.05) is 145 Å². The molecule has 0 aromatic heterocycles. The van der Waals surface area contributed by atoms with Crippen LogP contribution in [0.25, 0.3) is 0 Å². The summed E-state index contributed by atoms with van der Waals surface area (Å²) < 4.78 is 71.1. The summed E-state index contributed by atoms with van der Waals surface area (Å²) in [5, 5.41) is 0. The molecular formula is C29H49FO12. The van der Waals surface area contributed by atoms with Crippen LogP contribution in [-0.4, -0.2) is 152 Å². The molecule has 42 heavy (non-hydrogen) atoms. The second-order valence-corrected chi connectivity index (χ2v) is 8.35. The van der Waals surface area contributed by atoms with Gasteiger partial charge in [-0.05, 0) is 24.3 Å². The van der Waals surface area contributed by atoms with Crippen LogP contribution in [0.3, 0.4) is 0 Å². The topological polar surface area (TPSA) is 119 Å². The SMILES string of the molecule is O=Cc1ccc(OCCOCCOCCOCCOCCOCCOCCOCCOCCOCCOCCF)cc1. The highest BCUT2D eigenvalue weighted by molar-refractivity contribution is 5.74. The molecule has 12 nitrogen and oxygen atoms in total. The van der Waals surface area contributed by atoms with Crippen molar-refractivity contribution in [2.24, 2.45) is 0 Å². The van der Waals surface area contributed by atoms with Gasteiger partial charge in [0, 0.05) is 5.56 Å². The van der Waals surface area contributed by atoms with E-state index < -0.39 is 6.67 Å². The van der Waals surface area contributed by atoms with E-state index in [4.69, 9.17) is 52.1 Å². The summed E-state index contributed by atoms with van der Waals surface area (Å²) in [4.78, 5) is 10.6. The third-order valence-electron chi connectivity index (χ3n) is 5.08. The predicted molar refractivity (Wildman–Crippen MR) is 151 cm³/mol. The van der Waals surface area contributed by atoms with Crippen LogP contribution in [0.5, 0.6) is 5.75 Å². The largest absolute Gasteiger partial charge is 0.491 e. The van der Waals surface area contributed by atoms with Gasteiger partial charge in [0.05, 0.1) is 132 Å². The molecule has 1 aromatic rings. The molecule has 0 fully saturated rings. The molecule has 0 amide bonds. The minimum absolute atomic E-state index is 0.111. The molecular weight excluding hydrogens is 559 g/mol. The lowest BCUT2D eigenvalue weighted by Gasteiger charge is -2.09. The summed E-state index contributed by atoms with van der Waals surface area (Å²) in [5.74, 6) is 0.701. The van der Waals surface area contributed by atoms with Crippen molar-refractivity contribution in [1.82, 2.24) is 0 Å². The number of rotatable bonds is 34. The monoisotopic (exact) mass is 608 g/mol. The van der Waals surface area contributed by atoms with E-state index in [0.29, 0.717) is 143 Å². The summed E-state index contributed by atoms with van der Waals surface area (Å²) in [6.45, 7) is 9.12. The molecule has 0 N–H and O–H groups in total. The number of halogens is 1. The highest BCUT2D eigenvalue weighted by Gasteiger charge is 1.97. The van der Waals surface area contributed by atoms with Crippen LogP contribution in [0, 0.1) is 0 Å². The number of aldehydes is 1. The first-order chi connectivity index (χ1) is 20.9. The minimum Gasteiger partial charge on any atom is -0.491 e. The lowest BCUT2D eigenvalue weighted by Crippen LogP contribution is -2.15. The van der Waals surface area contributed by atoms with Crippen LogP contribution in [0.4, 0.5) is 4.39 Å². The number of ether oxygens (including phenoxy) is 11. The summed E-state index contributed by atoms with van der Waals surface area (Å²) in [6, 6.07) is 6.92. The zero-order chi connectivity index (χ0) is 30.0. The molecule has 0 aliphatic carbocycles. The van der Waals surface area contributed by atoms with Gasteiger partial charge >= 0.3 is 0 Å². The zero-order valence-corrected chi connectivity index (χ0v) is 24.7. The van der Waals surface area contributed by atoms with Crippen molar-refractivity contribution in [3.8, 4) is 5.75 Å². The van der Waals surface area contributed by atoms with Crippen molar-refractivity contribution < 1.29 is 61.3 Å². The number of hydrogen-bond donors (Lipinski definition) is 0. The Balaban J connectivity index is 1.64. The Morgan fingerprint density at radius 1 is 0.405 bits per heavy atom. The zero-order valence-electron chi connectivity index (χ0n) is 24.7. The smallest absolute Gasteiger partial charge is 0.150 e. The van der Waals surface area contributed by atoms with Crippen LogP contribution in [0.2, 0.25) is 0 Å². The van der Waals surface area contributed by atoms with Crippen molar-refractivity contribution in [2.45, 2.75) is 0 Å². The fraction of sp³-hybridized carbons (Fsp3) is 0.759. The maximum absolute atomic E-state index is 11.8. The van der Waals surface area contributed by atoms with Gasteiger partial charge in [-0.25, -0.2) is 4.39 Å². The van der Waals surface area contributed by atoms with Crippen molar-refractivity contribution >= 4 is 6.29 Å². The molecule has 1 rings (SSSR count). The lowest BCUT2D eigenvalue weighted by molar-refractivity contribution is -0.0268. The van der Waals surface area contributed by atoms with E-state index in [2.05, 4.69) is 0 Å². The van der Waals surface area contributed by atoms with E-state index >= 15 is 0 Å². The fourth-order valence-corrected chi connectivity index (χ4v) is 3.00. The van der Waals surface area contributed by atoms with Crippen LogP contribution in [0.1, 0.15) is 10.4 Å². The number of carbonyl (C=O) groups excluding carboxylic acids is 1. The maximum Gasteiger partial charge on any atom is 0.150 e. The number of alkyl halides is 1. The molecule has 0 radical (unpaired) electrons. The third kappa shape index (κ3) is 27.1. The molecule has 0 aliphatic rings. The van der Waals surface area contributed by atoms with Gasteiger partial charge in [0.2, 0.25) is 0 Å². The van der Waals surface area contributed by atoms with Crippen LogP contribution in [0.15, 0.2) is 24.3 Å². The second kappa shape index (κ2) is 32.1. The van der Waals surface area contributed by atoms with E-state index in [1.165, 1.54) is 0 Å². The first kappa shape index (κ1) is 38.2. The molecule has 0 heterocycles. The predicted octanol–water partition coefficient (Wildman–Crippen LogP) is 2.01. The van der Waals surface area contributed by atoms with E-state index in [0.717, 1.165) is 6.29 Å². The highest BCUT2D eigenvalue weighted by Crippen LogP contribution is 2.10. The molecule has 0 saturated carbocycles. The average Bonchev–Trinajstić information content (AvgIpc) is 3.02. The van der Waals surface area contributed by atoms with Gasteiger partial charge in [0.15, 0.2) is 0 Å². The summed E-state index contributed by atoms with van der Waals surface area (Å²) in [6.07, 6.45) is 0.795. The highest BCUT2D eigenvalue weighted by atomic mass is 19.1. The van der Waals surface area contributed by atoms with Gasteiger partial charge in [-0.2, -0.15) is 0 Å². The first-order valence-corrected chi connectivity index (χ1v) is 14.4. The Hall–Kier alpha value is -1.78. The summed E-state index contributed by atoms with van der Waals surface area (Å²) in [5.41, 5.74) is 0.615. The van der Waals surface area contributed by atoms with Crippen molar-refractivity contribution in [3.05, 3.63) is 29.8 Å². The Bertz CT molecular complexity index is 683. The number of benzene rings is 1. The molecule has 13 heteroatoms. The van der Waals surface area contributed by atoms with Crippen LogP contribution >= 0.6 is 0 Å². The number of carbonyl (C=O) groups is 1. The quantitative estimate of drug-likeness (QED) is 0.0841. The minimum atomic E-state index is -0.477. The van der Waals surface area contributed by atoms with Crippen LogP contribution < -0.4 is 4.74 Å². The molecule has 0 saturated heterocycles. The van der Waals surface area contributed by atoms with Gasteiger partial charge in [0.1, 0.15) is 25.3 Å². The molecule has 244 valence electrons. The summed E-state index contributed by atoms with van der Waals surface area (Å²) >= 11 is 0. The van der Waals surface area contributed by atoms with Gasteiger partial charge in [0.25, 0.3) is 0 Å². The molecule has 0 aliphatic heterocycles. The molecule has 0 unspecified atom stereocenters. The van der Waals surface area contributed by atoms with Gasteiger partial charge < -0.3 is 52.1 Å². The third-order valence-corrected chi connectivity index (χ3v) is 5.08. The fourth-order valence-electron chi connectivity index (χ4n) is 3.00. The second-order valence-electron chi connectivity index (χ2n) is 8.35. The standard InChI is InChI=1S/C29H49FO12/c30-5-6-32-7-8-33-9-10-34-11-12-35-13-14-36-15-16-37-17-18-38-19-20-39-21-22-40-23-24-41-25-26-42-29-3-1-28(27-31)2-4-29/h1-4,27H,5-26H2. The first-order valence-electron chi connectivity index (χ1n) is 14.4. The molecule has 1 aromatic carbocycles. The lowest BCUT2D eigenvalue weighted by atomic mass is 10.2. The van der Waals surface area contributed by atoms with E-state index in [1.54, 1.807) is 24.3 Å². The van der Waals surface area contributed by atoms with Crippen LogP contribution in [-0.2, 0) is 47.4 Å². The molecule has 0 atom stereocenters. The van der Waals surface area contributed by atoms with E-state index in [9.17, 15) is 9.18 Å². The van der Waals surface area contributed by atoms with Gasteiger partial charge in [-0.15, -0.1) is 0 Å². The Labute approximate surface area is 248 Å². The van der Waals surface area contributed by atoms with Gasteiger partial charge in [-0.3, -0.25) is 4.79 Å². The van der Waals surface area contributed by atoms with E-state index in [1.807, 2.05) is 0 Å². The molecule has 0 spiro atoms. The van der Waals surface area contributed by atoms with E-state index in [-0.39, 0.29) is 6.61 Å². The van der Waals surface area contributed by atoms with Gasteiger partial charge in [-0.1, -0.05) is 0 Å². The normalized spacial score (nSPS) is 11.3. The Kier molecular flexibility index (Phi) is 29.3. The van der Waals surface area contributed by atoms with Crippen molar-refractivity contribution in [3.63, 3.8) is 0 Å². The Morgan fingerprint density at radius 2 is 0.667 bits per heavy atom. The maximum atomic E-state index is 11.8. The summed E-state index contributed by atoms with van der Waals surface area (Å²) in [7, 11) is 0. The molecule has 0 bridgehead atoms. The number of hydrogen-bond acceptors (Lipinski definition) is 12. The average molecular weight is 609 g/mol. The van der Waals surface area contributed by atoms with Crippen molar-refractivity contribution in [1.29, 1.82) is 0 Å².